The Morgan fingerprint density at radius 1 is 1.33 bits per heavy atom. The summed E-state index contributed by atoms with van der Waals surface area (Å²) in [5.41, 5.74) is 15.0. The van der Waals surface area contributed by atoms with Gasteiger partial charge in [-0.1, -0.05) is 12.1 Å². The molecule has 0 saturated carbocycles. The summed E-state index contributed by atoms with van der Waals surface area (Å²) in [5.74, 6) is 1.03. The third kappa shape index (κ3) is 3.16. The van der Waals surface area contributed by atoms with E-state index in [4.69, 9.17) is 21.6 Å². The molecular weight excluding hydrogens is 304 g/mol. The van der Waals surface area contributed by atoms with Crippen LogP contribution in [0.4, 0.5) is 17.5 Å². The summed E-state index contributed by atoms with van der Waals surface area (Å²) < 4.78 is 5.78. The summed E-state index contributed by atoms with van der Waals surface area (Å²) in [5, 5.41) is 7.73. The van der Waals surface area contributed by atoms with Crippen molar-refractivity contribution in [2.75, 3.05) is 36.1 Å². The molecule has 1 atom stereocenters. The van der Waals surface area contributed by atoms with Crippen molar-refractivity contribution in [1.29, 1.82) is 5.41 Å². The first-order valence-electron chi connectivity index (χ1n) is 7.94. The Hall–Kier alpha value is -2.67. The summed E-state index contributed by atoms with van der Waals surface area (Å²) in [6.45, 7) is 3.88. The minimum Gasteiger partial charge on any atom is -0.398 e. The Morgan fingerprint density at radius 2 is 2.17 bits per heavy atom. The van der Waals surface area contributed by atoms with E-state index >= 15 is 0 Å². The van der Waals surface area contributed by atoms with Gasteiger partial charge in [-0.15, -0.1) is 0 Å². The maximum absolute atomic E-state index is 7.73. The van der Waals surface area contributed by atoms with Crippen molar-refractivity contribution in [3.8, 4) is 0 Å². The first-order valence-corrected chi connectivity index (χ1v) is 7.94. The Bertz CT molecular complexity index is 728. The normalized spacial score (nSPS) is 18.2. The smallest absolute Gasteiger partial charge is 0.222 e. The monoisotopic (exact) mass is 326 g/mol. The number of nitrogens with two attached hydrogens (primary N) is 2. The molecule has 1 aromatic carbocycles. The molecule has 1 aromatic heterocycles. The van der Waals surface area contributed by atoms with Crippen LogP contribution in [0.5, 0.6) is 0 Å². The van der Waals surface area contributed by atoms with Gasteiger partial charge in [-0.05, 0) is 25.0 Å². The summed E-state index contributed by atoms with van der Waals surface area (Å²) in [7, 11) is 0. The molecule has 1 unspecified atom stereocenters. The molecule has 2 aromatic rings. The van der Waals surface area contributed by atoms with E-state index in [0.717, 1.165) is 35.6 Å². The number of nitrogens with zero attached hydrogens (tertiary/aromatic N) is 3. The molecule has 5 N–H and O–H groups in total. The fourth-order valence-corrected chi connectivity index (χ4v) is 3.09. The van der Waals surface area contributed by atoms with Gasteiger partial charge in [0.05, 0.1) is 12.6 Å². The van der Waals surface area contributed by atoms with Crippen LogP contribution in [0.25, 0.3) is 0 Å². The minimum absolute atomic E-state index is 0.0821. The van der Waals surface area contributed by atoms with Crippen LogP contribution in [-0.2, 0) is 4.74 Å². The summed E-state index contributed by atoms with van der Waals surface area (Å²) >= 11 is 0. The first kappa shape index (κ1) is 16.2. The third-order valence-corrected chi connectivity index (χ3v) is 4.17. The zero-order chi connectivity index (χ0) is 17.1. The SMILES string of the molecule is Cc1cc(N2CCCOCC2c2cccc(N)c2C=N)nc(N)n1. The molecule has 1 fully saturated rings. The Morgan fingerprint density at radius 3 is 2.92 bits per heavy atom. The number of benzene rings is 1. The molecule has 0 amide bonds. The van der Waals surface area contributed by atoms with Gasteiger partial charge in [0.25, 0.3) is 0 Å². The number of ether oxygens (including phenoxy) is 1. The zero-order valence-corrected chi connectivity index (χ0v) is 13.7. The second-order valence-corrected chi connectivity index (χ2v) is 5.86. The molecule has 1 aliphatic rings. The van der Waals surface area contributed by atoms with E-state index in [1.54, 1.807) is 6.07 Å². The molecule has 7 heteroatoms. The van der Waals surface area contributed by atoms with Crippen LogP contribution in [0.15, 0.2) is 24.3 Å². The van der Waals surface area contributed by atoms with Crippen molar-refractivity contribution in [3.63, 3.8) is 0 Å². The fraction of sp³-hybridized carbons (Fsp3) is 0.353. The molecule has 1 saturated heterocycles. The number of hydrogen-bond donors (Lipinski definition) is 3. The number of aryl methyl sites for hydroxylation is 1. The van der Waals surface area contributed by atoms with E-state index in [0.29, 0.717) is 18.9 Å². The zero-order valence-electron chi connectivity index (χ0n) is 13.7. The molecule has 2 heterocycles. The average molecular weight is 326 g/mol. The highest BCUT2D eigenvalue weighted by atomic mass is 16.5. The largest absolute Gasteiger partial charge is 0.398 e. The third-order valence-electron chi connectivity index (χ3n) is 4.17. The molecule has 126 valence electrons. The van der Waals surface area contributed by atoms with E-state index in [1.165, 1.54) is 6.21 Å². The maximum atomic E-state index is 7.73. The predicted molar refractivity (Wildman–Crippen MR) is 95.4 cm³/mol. The van der Waals surface area contributed by atoms with Crippen LogP contribution < -0.4 is 16.4 Å². The van der Waals surface area contributed by atoms with Crippen molar-refractivity contribution in [2.45, 2.75) is 19.4 Å². The highest BCUT2D eigenvalue weighted by Crippen LogP contribution is 2.32. The van der Waals surface area contributed by atoms with Gasteiger partial charge in [-0.3, -0.25) is 0 Å². The Kier molecular flexibility index (Phi) is 4.61. The topological polar surface area (TPSA) is 114 Å². The number of nitrogen functional groups attached to an aromatic ring is 2. The lowest BCUT2D eigenvalue weighted by atomic mass is 9.98. The summed E-state index contributed by atoms with van der Waals surface area (Å²) in [4.78, 5) is 10.7. The second-order valence-electron chi connectivity index (χ2n) is 5.86. The summed E-state index contributed by atoms with van der Waals surface area (Å²) in [6.07, 6.45) is 2.19. The van der Waals surface area contributed by atoms with E-state index in [-0.39, 0.29) is 12.0 Å². The van der Waals surface area contributed by atoms with E-state index in [1.807, 2.05) is 25.1 Å². The Labute approximate surface area is 141 Å². The van der Waals surface area contributed by atoms with Gasteiger partial charge in [-0.2, -0.15) is 4.98 Å². The molecular formula is C17H22N6O. The number of nitrogens with one attached hydrogen (secondary N) is 1. The highest BCUT2D eigenvalue weighted by molar-refractivity contribution is 5.87. The fourth-order valence-electron chi connectivity index (χ4n) is 3.09. The van der Waals surface area contributed by atoms with Crippen LogP contribution in [0.2, 0.25) is 0 Å². The van der Waals surface area contributed by atoms with Gasteiger partial charge in [-0.25, -0.2) is 4.98 Å². The number of anilines is 3. The van der Waals surface area contributed by atoms with Crippen LogP contribution in [-0.4, -0.2) is 35.9 Å². The lowest BCUT2D eigenvalue weighted by Gasteiger charge is -2.32. The van der Waals surface area contributed by atoms with Gasteiger partial charge >= 0.3 is 0 Å². The molecule has 0 spiro atoms. The molecule has 3 rings (SSSR count). The van der Waals surface area contributed by atoms with Crippen molar-refractivity contribution >= 4 is 23.7 Å². The van der Waals surface area contributed by atoms with Gasteiger partial charge < -0.3 is 26.5 Å². The standard InChI is InChI=1S/C17H22N6O/c1-11-8-16(22-17(20)21-11)23-6-3-7-24-10-15(23)12-4-2-5-14(19)13(12)9-18/h2,4-5,8-9,15,18H,3,6-7,10,19H2,1H3,(H2,20,21,22). The van der Waals surface area contributed by atoms with Crippen LogP contribution in [0.1, 0.15) is 29.3 Å². The lowest BCUT2D eigenvalue weighted by molar-refractivity contribution is 0.134. The van der Waals surface area contributed by atoms with Crippen molar-refractivity contribution in [1.82, 2.24) is 9.97 Å². The Balaban J connectivity index is 2.09. The first-order chi connectivity index (χ1) is 11.6. The molecule has 1 aliphatic heterocycles. The van der Waals surface area contributed by atoms with E-state index < -0.39 is 0 Å². The quantitative estimate of drug-likeness (QED) is 0.586. The van der Waals surface area contributed by atoms with Gasteiger partial charge in [0.1, 0.15) is 5.82 Å². The molecule has 24 heavy (non-hydrogen) atoms. The number of rotatable bonds is 3. The van der Waals surface area contributed by atoms with Crippen molar-refractivity contribution in [2.24, 2.45) is 0 Å². The van der Waals surface area contributed by atoms with Crippen LogP contribution in [0.3, 0.4) is 0 Å². The molecule has 0 aliphatic carbocycles. The second kappa shape index (κ2) is 6.84. The van der Waals surface area contributed by atoms with E-state index in [9.17, 15) is 0 Å². The van der Waals surface area contributed by atoms with Crippen LogP contribution in [0, 0.1) is 12.3 Å². The van der Waals surface area contributed by atoms with Gasteiger partial charge in [0.2, 0.25) is 5.95 Å². The number of aromatic nitrogens is 2. The highest BCUT2D eigenvalue weighted by Gasteiger charge is 2.27. The molecule has 0 bridgehead atoms. The van der Waals surface area contributed by atoms with Crippen molar-refractivity contribution < 1.29 is 4.74 Å². The minimum atomic E-state index is -0.0821. The van der Waals surface area contributed by atoms with Crippen molar-refractivity contribution in [3.05, 3.63) is 41.1 Å². The molecule has 0 radical (unpaired) electrons. The summed E-state index contributed by atoms with van der Waals surface area (Å²) in [6, 6.07) is 7.53. The van der Waals surface area contributed by atoms with E-state index in [2.05, 4.69) is 14.9 Å². The predicted octanol–water partition coefficient (Wildman–Crippen LogP) is 1.92. The van der Waals surface area contributed by atoms with Gasteiger partial charge in [0, 0.05) is 42.4 Å². The maximum Gasteiger partial charge on any atom is 0.222 e. The lowest BCUT2D eigenvalue weighted by Crippen LogP contribution is -2.32. The van der Waals surface area contributed by atoms with Gasteiger partial charge in [0.15, 0.2) is 0 Å². The number of hydrogen-bond acceptors (Lipinski definition) is 7. The molecule has 7 nitrogen and oxygen atoms in total. The average Bonchev–Trinajstić information content (AvgIpc) is 2.79. The van der Waals surface area contributed by atoms with Crippen LogP contribution >= 0.6 is 0 Å².